The molecule has 5 nitrogen and oxygen atoms in total. The number of carbonyl (C=O) groups excluding carboxylic acids is 1. The average molecular weight is 296 g/mol. The zero-order valence-electron chi connectivity index (χ0n) is 12.1. The van der Waals surface area contributed by atoms with Crippen molar-refractivity contribution in [1.82, 2.24) is 5.43 Å². The fraction of sp³-hybridized carbons (Fsp3) is 0.429. The van der Waals surface area contributed by atoms with Crippen LogP contribution in [0.1, 0.15) is 26.3 Å². The second-order valence-corrected chi connectivity index (χ2v) is 6.93. The molecule has 0 bridgehead atoms. The van der Waals surface area contributed by atoms with Crippen LogP contribution in [0.5, 0.6) is 11.5 Å². The molecule has 0 heterocycles. The molecule has 0 radical (unpaired) electrons. The van der Waals surface area contributed by atoms with Crippen molar-refractivity contribution in [2.45, 2.75) is 25.5 Å². The number of methoxy groups -OCH3 is 1. The first-order chi connectivity index (χ1) is 9.31. The van der Waals surface area contributed by atoms with Crippen LogP contribution in [0.15, 0.2) is 23.3 Å². The summed E-state index contributed by atoms with van der Waals surface area (Å²) in [5.74, 6) is 0.644. The third-order valence-electron chi connectivity index (χ3n) is 2.24. The van der Waals surface area contributed by atoms with Crippen LogP contribution >= 0.6 is 11.8 Å². The Bertz CT molecular complexity index is 496. The van der Waals surface area contributed by atoms with Gasteiger partial charge in [-0.05, 0) is 23.8 Å². The van der Waals surface area contributed by atoms with Crippen LogP contribution < -0.4 is 10.2 Å². The Morgan fingerprint density at radius 1 is 1.50 bits per heavy atom. The van der Waals surface area contributed by atoms with Gasteiger partial charge < -0.3 is 9.84 Å². The van der Waals surface area contributed by atoms with Crippen molar-refractivity contribution in [2.75, 3.05) is 12.9 Å². The molecule has 0 aliphatic carbocycles. The van der Waals surface area contributed by atoms with Gasteiger partial charge in [-0.1, -0.05) is 20.8 Å². The maximum atomic E-state index is 11.5. The van der Waals surface area contributed by atoms with Crippen LogP contribution in [0.3, 0.4) is 0 Å². The van der Waals surface area contributed by atoms with E-state index in [2.05, 4.69) is 31.3 Å². The minimum atomic E-state index is -0.146. The van der Waals surface area contributed by atoms with E-state index in [0.717, 1.165) is 5.56 Å². The van der Waals surface area contributed by atoms with E-state index in [1.807, 2.05) is 0 Å². The summed E-state index contributed by atoms with van der Waals surface area (Å²) >= 11 is 1.56. The molecule has 1 aromatic carbocycles. The summed E-state index contributed by atoms with van der Waals surface area (Å²) in [7, 11) is 1.47. The number of nitrogens with zero attached hydrogens (tertiary/aromatic N) is 1. The number of hydrogen-bond donors (Lipinski definition) is 2. The lowest BCUT2D eigenvalue weighted by Crippen LogP contribution is -2.22. The SMILES string of the molecule is COc1cc(C=NNC(=O)CSC(C)(C)C)ccc1O. The molecule has 1 rings (SSSR count). The summed E-state index contributed by atoms with van der Waals surface area (Å²) in [5.41, 5.74) is 3.19. The number of amides is 1. The Morgan fingerprint density at radius 2 is 2.20 bits per heavy atom. The summed E-state index contributed by atoms with van der Waals surface area (Å²) in [6.07, 6.45) is 1.50. The van der Waals surface area contributed by atoms with E-state index in [9.17, 15) is 9.90 Å². The first-order valence-corrected chi connectivity index (χ1v) is 7.13. The van der Waals surface area contributed by atoms with E-state index in [1.165, 1.54) is 19.4 Å². The second kappa shape index (κ2) is 7.19. The zero-order valence-corrected chi connectivity index (χ0v) is 13.0. The number of phenolic OH excluding ortho intramolecular Hbond substituents is 1. The van der Waals surface area contributed by atoms with E-state index in [1.54, 1.807) is 23.9 Å². The first-order valence-electron chi connectivity index (χ1n) is 6.14. The Balaban J connectivity index is 2.50. The monoisotopic (exact) mass is 296 g/mol. The molecule has 20 heavy (non-hydrogen) atoms. The second-order valence-electron chi connectivity index (χ2n) is 5.13. The Hall–Kier alpha value is -1.69. The minimum absolute atomic E-state index is 0.0470. The zero-order chi connectivity index (χ0) is 15.2. The fourth-order valence-electron chi connectivity index (χ4n) is 1.27. The number of ether oxygens (including phenoxy) is 1. The van der Waals surface area contributed by atoms with Gasteiger partial charge in [0.15, 0.2) is 11.5 Å². The molecule has 0 aliphatic heterocycles. The molecule has 1 aromatic rings. The molecule has 0 aromatic heterocycles. The molecule has 0 fully saturated rings. The topological polar surface area (TPSA) is 70.9 Å². The Labute approximate surface area is 123 Å². The number of nitrogens with one attached hydrogen (secondary N) is 1. The van der Waals surface area contributed by atoms with Crippen LogP contribution in [-0.2, 0) is 4.79 Å². The van der Waals surface area contributed by atoms with Gasteiger partial charge in [0, 0.05) is 4.75 Å². The maximum absolute atomic E-state index is 11.5. The quantitative estimate of drug-likeness (QED) is 0.646. The Morgan fingerprint density at radius 3 is 2.80 bits per heavy atom. The van der Waals surface area contributed by atoms with Crippen LogP contribution in [0, 0.1) is 0 Å². The van der Waals surface area contributed by atoms with E-state index in [-0.39, 0.29) is 16.4 Å². The van der Waals surface area contributed by atoms with Crippen molar-refractivity contribution in [3.8, 4) is 11.5 Å². The summed E-state index contributed by atoms with van der Waals surface area (Å²) in [6, 6.07) is 4.82. The summed E-state index contributed by atoms with van der Waals surface area (Å²) in [6.45, 7) is 6.16. The number of thioether (sulfide) groups is 1. The van der Waals surface area contributed by atoms with Crippen molar-refractivity contribution in [1.29, 1.82) is 0 Å². The van der Waals surface area contributed by atoms with Gasteiger partial charge in [-0.15, -0.1) is 11.8 Å². The lowest BCUT2D eigenvalue weighted by atomic mass is 10.2. The van der Waals surface area contributed by atoms with Gasteiger partial charge in [-0.3, -0.25) is 4.79 Å². The predicted molar refractivity (Wildman–Crippen MR) is 82.6 cm³/mol. The smallest absolute Gasteiger partial charge is 0.250 e. The number of carbonyl (C=O) groups is 1. The summed E-state index contributed by atoms with van der Waals surface area (Å²) in [5, 5.41) is 13.3. The van der Waals surface area contributed by atoms with Crippen molar-refractivity contribution >= 4 is 23.9 Å². The highest BCUT2D eigenvalue weighted by atomic mass is 32.2. The number of aromatic hydroxyl groups is 1. The van der Waals surface area contributed by atoms with Crippen LogP contribution in [0.4, 0.5) is 0 Å². The van der Waals surface area contributed by atoms with Crippen LogP contribution in [-0.4, -0.2) is 34.8 Å². The van der Waals surface area contributed by atoms with Crippen molar-refractivity contribution in [3.05, 3.63) is 23.8 Å². The molecule has 0 spiro atoms. The molecule has 0 saturated heterocycles. The lowest BCUT2D eigenvalue weighted by Gasteiger charge is -2.16. The number of phenols is 1. The van der Waals surface area contributed by atoms with Crippen molar-refractivity contribution < 1.29 is 14.6 Å². The van der Waals surface area contributed by atoms with Crippen LogP contribution in [0.2, 0.25) is 0 Å². The van der Waals surface area contributed by atoms with Gasteiger partial charge in [0.1, 0.15) is 0 Å². The number of hydrogen-bond acceptors (Lipinski definition) is 5. The Kier molecular flexibility index (Phi) is 5.88. The number of benzene rings is 1. The highest BCUT2D eigenvalue weighted by Crippen LogP contribution is 2.25. The summed E-state index contributed by atoms with van der Waals surface area (Å²) in [4.78, 5) is 11.5. The van der Waals surface area contributed by atoms with E-state index < -0.39 is 0 Å². The van der Waals surface area contributed by atoms with E-state index >= 15 is 0 Å². The summed E-state index contributed by atoms with van der Waals surface area (Å²) < 4.78 is 5.03. The highest BCUT2D eigenvalue weighted by Gasteiger charge is 2.12. The molecule has 2 N–H and O–H groups in total. The standard InChI is InChI=1S/C14H20N2O3S/c1-14(2,3)20-9-13(18)16-15-8-10-5-6-11(17)12(7-10)19-4/h5-8,17H,9H2,1-4H3,(H,16,18). The largest absolute Gasteiger partial charge is 0.504 e. The van der Waals surface area contributed by atoms with Gasteiger partial charge in [0.25, 0.3) is 0 Å². The third-order valence-corrected chi connectivity index (χ3v) is 3.52. The third kappa shape index (κ3) is 5.97. The molecule has 0 unspecified atom stereocenters. The molecule has 0 atom stereocenters. The maximum Gasteiger partial charge on any atom is 0.250 e. The molecule has 110 valence electrons. The highest BCUT2D eigenvalue weighted by molar-refractivity contribution is 8.01. The van der Waals surface area contributed by atoms with Gasteiger partial charge >= 0.3 is 0 Å². The fourth-order valence-corrected chi connectivity index (χ4v) is 1.90. The van der Waals surface area contributed by atoms with Gasteiger partial charge in [0.05, 0.1) is 19.1 Å². The minimum Gasteiger partial charge on any atom is -0.504 e. The number of hydrazone groups is 1. The normalized spacial score (nSPS) is 11.6. The molecular formula is C14H20N2O3S. The molecule has 0 aliphatic rings. The average Bonchev–Trinajstić information content (AvgIpc) is 2.37. The lowest BCUT2D eigenvalue weighted by molar-refractivity contribution is -0.118. The van der Waals surface area contributed by atoms with Gasteiger partial charge in [0.2, 0.25) is 5.91 Å². The molecule has 1 amide bonds. The van der Waals surface area contributed by atoms with E-state index in [0.29, 0.717) is 11.5 Å². The molecule has 0 saturated carbocycles. The molecular weight excluding hydrogens is 276 g/mol. The van der Waals surface area contributed by atoms with Gasteiger partial charge in [-0.2, -0.15) is 5.10 Å². The van der Waals surface area contributed by atoms with Gasteiger partial charge in [-0.25, -0.2) is 5.43 Å². The predicted octanol–water partition coefficient (Wildman–Crippen LogP) is 2.38. The van der Waals surface area contributed by atoms with E-state index in [4.69, 9.17) is 4.74 Å². The van der Waals surface area contributed by atoms with Crippen molar-refractivity contribution in [2.24, 2.45) is 5.10 Å². The first kappa shape index (κ1) is 16.4. The number of rotatable bonds is 5. The molecule has 6 heteroatoms. The van der Waals surface area contributed by atoms with Crippen LogP contribution in [0.25, 0.3) is 0 Å². The van der Waals surface area contributed by atoms with Crippen molar-refractivity contribution in [3.63, 3.8) is 0 Å².